The van der Waals surface area contributed by atoms with Crippen LogP contribution in [0.15, 0.2) is 0 Å². The maximum Gasteiger partial charge on any atom is 0.223 e. The molecule has 1 amide bonds. The molecule has 1 aliphatic heterocycles. The number of carbonyl (C=O) groups excluding carboxylic acids is 1. The van der Waals surface area contributed by atoms with Gasteiger partial charge in [0, 0.05) is 43.6 Å². The van der Waals surface area contributed by atoms with Gasteiger partial charge in [-0.3, -0.25) is 9.69 Å². The number of rotatable bonds is 5. The first-order valence-electron chi connectivity index (χ1n) is 7.09. The minimum atomic E-state index is 0.173. The lowest BCUT2D eigenvalue weighted by atomic mass is 9.95. The zero-order valence-corrected chi connectivity index (χ0v) is 11.9. The number of nitrogens with zero attached hydrogens (tertiary/aromatic N) is 1. The number of hydrogen-bond acceptors (Lipinski definition) is 4. The molecule has 0 radical (unpaired) electrons. The van der Waals surface area contributed by atoms with Crippen LogP contribution in [0.3, 0.4) is 0 Å². The second kappa shape index (κ2) is 7.36. The van der Waals surface area contributed by atoms with E-state index in [1.807, 2.05) is 11.8 Å². The molecule has 18 heavy (non-hydrogen) atoms. The van der Waals surface area contributed by atoms with Gasteiger partial charge in [0.2, 0.25) is 5.91 Å². The highest BCUT2D eigenvalue weighted by molar-refractivity contribution is 7.99. The van der Waals surface area contributed by atoms with Gasteiger partial charge in [-0.15, -0.1) is 0 Å². The van der Waals surface area contributed by atoms with Gasteiger partial charge < -0.3 is 11.1 Å². The van der Waals surface area contributed by atoms with Crippen LogP contribution in [-0.2, 0) is 4.79 Å². The van der Waals surface area contributed by atoms with Crippen molar-refractivity contribution in [1.29, 1.82) is 0 Å². The van der Waals surface area contributed by atoms with Crippen molar-refractivity contribution in [3.05, 3.63) is 0 Å². The van der Waals surface area contributed by atoms with Crippen molar-refractivity contribution < 1.29 is 4.79 Å². The number of carbonyl (C=O) groups is 1. The Morgan fingerprint density at radius 2 is 2.11 bits per heavy atom. The van der Waals surface area contributed by atoms with Crippen LogP contribution in [0.25, 0.3) is 0 Å². The Bertz CT molecular complexity index is 269. The van der Waals surface area contributed by atoms with E-state index in [9.17, 15) is 4.79 Å². The number of hydrogen-bond donors (Lipinski definition) is 2. The Morgan fingerprint density at radius 3 is 2.83 bits per heavy atom. The average Bonchev–Trinajstić information content (AvgIpc) is 2.88. The van der Waals surface area contributed by atoms with E-state index in [1.165, 1.54) is 11.5 Å². The van der Waals surface area contributed by atoms with Crippen LogP contribution in [0.1, 0.15) is 19.3 Å². The van der Waals surface area contributed by atoms with E-state index in [4.69, 9.17) is 5.73 Å². The Balaban J connectivity index is 1.64. The lowest BCUT2D eigenvalue weighted by Crippen LogP contribution is -2.41. The highest BCUT2D eigenvalue weighted by Gasteiger charge is 2.31. The second-order valence-corrected chi connectivity index (χ2v) is 6.50. The van der Waals surface area contributed by atoms with E-state index in [1.54, 1.807) is 0 Å². The largest absolute Gasteiger partial charge is 0.355 e. The van der Waals surface area contributed by atoms with Crippen LogP contribution >= 0.6 is 11.8 Å². The molecule has 2 atom stereocenters. The lowest BCUT2D eigenvalue weighted by molar-refractivity contribution is -0.126. The zero-order chi connectivity index (χ0) is 12.8. The zero-order valence-electron chi connectivity index (χ0n) is 11.1. The summed E-state index contributed by atoms with van der Waals surface area (Å²) in [5.74, 6) is 3.27. The second-order valence-electron chi connectivity index (χ2n) is 5.28. The third kappa shape index (κ3) is 3.87. The molecular formula is C13H25N3OS. The molecule has 2 fully saturated rings. The van der Waals surface area contributed by atoms with Gasteiger partial charge in [0.15, 0.2) is 0 Å². The summed E-state index contributed by atoms with van der Waals surface area (Å²) < 4.78 is 0. The molecular weight excluding hydrogens is 246 g/mol. The van der Waals surface area contributed by atoms with Crippen molar-refractivity contribution in [3.8, 4) is 0 Å². The summed E-state index contributed by atoms with van der Waals surface area (Å²) >= 11 is 2.02. The van der Waals surface area contributed by atoms with Gasteiger partial charge in [-0.1, -0.05) is 6.42 Å². The molecule has 1 saturated heterocycles. The van der Waals surface area contributed by atoms with Crippen molar-refractivity contribution in [1.82, 2.24) is 10.2 Å². The van der Waals surface area contributed by atoms with Gasteiger partial charge >= 0.3 is 0 Å². The topological polar surface area (TPSA) is 58.4 Å². The first kappa shape index (κ1) is 14.2. The van der Waals surface area contributed by atoms with Crippen molar-refractivity contribution in [2.24, 2.45) is 17.6 Å². The van der Waals surface area contributed by atoms with Crippen molar-refractivity contribution >= 4 is 17.7 Å². The molecule has 0 aromatic rings. The Hall–Kier alpha value is -0.260. The van der Waals surface area contributed by atoms with Gasteiger partial charge in [-0.25, -0.2) is 0 Å². The molecule has 0 aromatic carbocycles. The fraction of sp³-hybridized carbons (Fsp3) is 0.923. The average molecular weight is 271 g/mol. The van der Waals surface area contributed by atoms with Crippen LogP contribution in [0.5, 0.6) is 0 Å². The highest BCUT2D eigenvalue weighted by Crippen LogP contribution is 2.30. The van der Waals surface area contributed by atoms with Crippen molar-refractivity contribution in [2.75, 3.05) is 44.2 Å². The van der Waals surface area contributed by atoms with Crippen molar-refractivity contribution in [2.45, 2.75) is 19.3 Å². The molecule has 0 bridgehead atoms. The van der Waals surface area contributed by atoms with E-state index in [-0.39, 0.29) is 11.8 Å². The van der Waals surface area contributed by atoms with Gasteiger partial charge in [0.25, 0.3) is 0 Å². The SMILES string of the molecule is NC[C@H]1CCC[C@H]1C(=O)NCCN1CCSCC1. The smallest absolute Gasteiger partial charge is 0.223 e. The fourth-order valence-electron chi connectivity index (χ4n) is 2.96. The van der Waals surface area contributed by atoms with Gasteiger partial charge in [0.1, 0.15) is 0 Å². The van der Waals surface area contributed by atoms with E-state index in [0.29, 0.717) is 12.5 Å². The predicted molar refractivity (Wildman–Crippen MR) is 76.7 cm³/mol. The molecule has 1 saturated carbocycles. The monoisotopic (exact) mass is 271 g/mol. The Kier molecular flexibility index (Phi) is 5.79. The van der Waals surface area contributed by atoms with Crippen LogP contribution < -0.4 is 11.1 Å². The molecule has 1 aliphatic carbocycles. The highest BCUT2D eigenvalue weighted by atomic mass is 32.2. The van der Waals surface area contributed by atoms with Gasteiger partial charge in [-0.2, -0.15) is 11.8 Å². The molecule has 3 N–H and O–H groups in total. The number of nitrogens with two attached hydrogens (primary N) is 1. The summed E-state index contributed by atoms with van der Waals surface area (Å²) in [6.45, 7) is 4.76. The first-order chi connectivity index (χ1) is 8.81. The van der Waals surface area contributed by atoms with Crippen molar-refractivity contribution in [3.63, 3.8) is 0 Å². The summed E-state index contributed by atoms with van der Waals surface area (Å²) in [7, 11) is 0. The van der Waals surface area contributed by atoms with Gasteiger partial charge in [-0.05, 0) is 25.3 Å². The molecule has 0 spiro atoms. The first-order valence-corrected chi connectivity index (χ1v) is 8.24. The maximum absolute atomic E-state index is 12.1. The molecule has 0 unspecified atom stereocenters. The minimum absolute atomic E-state index is 0.173. The fourth-order valence-corrected chi connectivity index (χ4v) is 3.94. The van der Waals surface area contributed by atoms with E-state index in [2.05, 4.69) is 10.2 Å². The molecule has 5 heteroatoms. The lowest BCUT2D eigenvalue weighted by Gasteiger charge is -2.26. The Morgan fingerprint density at radius 1 is 1.33 bits per heavy atom. The standard InChI is InChI=1S/C13H25N3OS/c14-10-11-2-1-3-12(11)13(17)15-4-5-16-6-8-18-9-7-16/h11-12H,1-10,14H2,(H,15,17)/t11-,12-/m1/s1. The molecule has 4 nitrogen and oxygen atoms in total. The van der Waals surface area contributed by atoms with Crippen LogP contribution in [0, 0.1) is 11.8 Å². The minimum Gasteiger partial charge on any atom is -0.355 e. The summed E-state index contributed by atoms with van der Waals surface area (Å²) in [4.78, 5) is 14.5. The molecule has 2 aliphatic rings. The Labute approximate surface area is 114 Å². The molecule has 0 aromatic heterocycles. The van der Waals surface area contributed by atoms with E-state index in [0.717, 1.165) is 45.4 Å². The maximum atomic E-state index is 12.1. The van der Waals surface area contributed by atoms with E-state index < -0.39 is 0 Å². The summed E-state index contributed by atoms with van der Waals surface area (Å²) in [6.07, 6.45) is 3.30. The van der Waals surface area contributed by atoms with Crippen LogP contribution in [0.2, 0.25) is 0 Å². The number of amides is 1. The summed E-state index contributed by atoms with van der Waals surface area (Å²) in [5, 5.41) is 3.09. The predicted octanol–water partition coefficient (Wildman–Crippen LogP) is 0.526. The van der Waals surface area contributed by atoms with Crippen LogP contribution in [0.4, 0.5) is 0 Å². The summed E-state index contributed by atoms with van der Waals surface area (Å²) in [5.41, 5.74) is 5.72. The molecule has 1 heterocycles. The van der Waals surface area contributed by atoms with E-state index >= 15 is 0 Å². The normalized spacial score (nSPS) is 29.4. The quantitative estimate of drug-likeness (QED) is 0.766. The molecule has 104 valence electrons. The third-order valence-electron chi connectivity index (χ3n) is 4.13. The van der Waals surface area contributed by atoms with Gasteiger partial charge in [0.05, 0.1) is 0 Å². The third-order valence-corrected chi connectivity index (χ3v) is 5.07. The number of thioether (sulfide) groups is 1. The summed E-state index contributed by atoms with van der Waals surface area (Å²) in [6, 6.07) is 0. The number of nitrogens with one attached hydrogen (secondary N) is 1. The molecule has 2 rings (SSSR count). The van der Waals surface area contributed by atoms with Crippen LogP contribution in [-0.4, -0.2) is 55.0 Å².